The van der Waals surface area contributed by atoms with Crippen LogP contribution in [0.15, 0.2) is 62.6 Å². The van der Waals surface area contributed by atoms with Crippen LogP contribution < -0.4 is 10.7 Å². The molecule has 1 amide bonds. The van der Waals surface area contributed by atoms with Gasteiger partial charge in [0.05, 0.1) is 5.39 Å². The number of anilines is 1. The normalized spacial score (nSPS) is 10.7. The number of thioether (sulfide) groups is 1. The highest BCUT2D eigenvalue weighted by atomic mass is 35.5. The molecule has 3 rings (SSSR count). The van der Waals surface area contributed by atoms with Crippen LogP contribution in [-0.4, -0.2) is 12.2 Å². The van der Waals surface area contributed by atoms with Crippen LogP contribution in [0.1, 0.15) is 10.6 Å². The number of hydrogen-bond acceptors (Lipinski definition) is 4. The second-order valence-corrected chi connectivity index (χ2v) is 6.12. The second kappa shape index (κ2) is 6.48. The SMILES string of the molecule is CSc1cccc(NC(=O)c2cc(=O)c3cc(Cl)ccc3o2)c1. The number of fused-ring (bicyclic) bond motifs is 1. The van der Waals surface area contributed by atoms with E-state index >= 15 is 0 Å². The fourth-order valence-electron chi connectivity index (χ4n) is 2.13. The van der Waals surface area contributed by atoms with Crippen LogP contribution in [-0.2, 0) is 0 Å². The van der Waals surface area contributed by atoms with Gasteiger partial charge in [0.2, 0.25) is 0 Å². The smallest absolute Gasteiger partial charge is 0.291 e. The molecule has 1 aromatic heterocycles. The minimum absolute atomic E-state index is 0.0422. The summed E-state index contributed by atoms with van der Waals surface area (Å²) in [5, 5.41) is 3.51. The largest absolute Gasteiger partial charge is 0.451 e. The predicted octanol–water partition coefficient (Wildman–Crippen LogP) is 4.42. The van der Waals surface area contributed by atoms with Crippen LogP contribution >= 0.6 is 23.4 Å². The molecule has 0 spiro atoms. The van der Waals surface area contributed by atoms with Crippen LogP contribution in [0, 0.1) is 0 Å². The maximum Gasteiger partial charge on any atom is 0.291 e. The van der Waals surface area contributed by atoms with Gasteiger partial charge in [-0.2, -0.15) is 0 Å². The summed E-state index contributed by atoms with van der Waals surface area (Å²) in [6, 6.07) is 13.3. The number of benzene rings is 2. The van der Waals surface area contributed by atoms with Crippen molar-refractivity contribution in [2.75, 3.05) is 11.6 Å². The van der Waals surface area contributed by atoms with Crippen molar-refractivity contribution in [2.24, 2.45) is 0 Å². The monoisotopic (exact) mass is 345 g/mol. The summed E-state index contributed by atoms with van der Waals surface area (Å²) >= 11 is 7.44. The number of amides is 1. The quantitative estimate of drug-likeness (QED) is 0.714. The summed E-state index contributed by atoms with van der Waals surface area (Å²) in [6.45, 7) is 0. The highest BCUT2D eigenvalue weighted by Crippen LogP contribution is 2.21. The Kier molecular flexibility index (Phi) is 4.41. The van der Waals surface area contributed by atoms with Gasteiger partial charge in [-0.25, -0.2) is 0 Å². The molecule has 23 heavy (non-hydrogen) atoms. The number of carbonyl (C=O) groups excluding carboxylic acids is 1. The fourth-order valence-corrected chi connectivity index (χ4v) is 2.77. The molecule has 2 aromatic carbocycles. The summed E-state index contributed by atoms with van der Waals surface area (Å²) < 4.78 is 5.51. The Labute approximate surface area is 141 Å². The third kappa shape index (κ3) is 3.41. The number of nitrogens with one attached hydrogen (secondary N) is 1. The van der Waals surface area contributed by atoms with E-state index in [0.29, 0.717) is 21.7 Å². The summed E-state index contributed by atoms with van der Waals surface area (Å²) in [5.74, 6) is -0.517. The standard InChI is InChI=1S/C17H12ClNO3S/c1-23-12-4-2-3-11(8-12)19-17(21)16-9-14(20)13-7-10(18)5-6-15(13)22-16/h2-9H,1H3,(H,19,21). The minimum atomic E-state index is -0.475. The lowest BCUT2D eigenvalue weighted by Crippen LogP contribution is -2.15. The van der Waals surface area contributed by atoms with Gasteiger partial charge in [-0.05, 0) is 42.7 Å². The fraction of sp³-hybridized carbons (Fsp3) is 0.0588. The van der Waals surface area contributed by atoms with Crippen LogP contribution in [0.25, 0.3) is 11.0 Å². The Morgan fingerprint density at radius 3 is 2.78 bits per heavy atom. The lowest BCUT2D eigenvalue weighted by molar-refractivity contribution is 0.0997. The zero-order chi connectivity index (χ0) is 16.4. The van der Waals surface area contributed by atoms with Gasteiger partial charge in [-0.15, -0.1) is 11.8 Å². The lowest BCUT2D eigenvalue weighted by Gasteiger charge is -2.06. The first-order chi connectivity index (χ1) is 11.1. The average molecular weight is 346 g/mol. The lowest BCUT2D eigenvalue weighted by atomic mass is 10.2. The summed E-state index contributed by atoms with van der Waals surface area (Å²) in [5.41, 5.74) is 0.655. The Morgan fingerprint density at radius 1 is 1.17 bits per heavy atom. The molecule has 0 aliphatic heterocycles. The summed E-state index contributed by atoms with van der Waals surface area (Å²) in [7, 11) is 0. The Hall–Kier alpha value is -2.24. The molecule has 4 nitrogen and oxygen atoms in total. The van der Waals surface area contributed by atoms with Crippen LogP contribution in [0.2, 0.25) is 5.02 Å². The molecule has 116 valence electrons. The Morgan fingerprint density at radius 2 is 2.00 bits per heavy atom. The van der Waals surface area contributed by atoms with E-state index in [1.54, 1.807) is 30.0 Å². The van der Waals surface area contributed by atoms with E-state index in [9.17, 15) is 9.59 Å². The van der Waals surface area contributed by atoms with E-state index in [1.165, 1.54) is 12.1 Å². The molecule has 0 bridgehead atoms. The molecule has 0 atom stereocenters. The molecule has 0 aliphatic rings. The van der Waals surface area contributed by atoms with Gasteiger partial charge in [0.25, 0.3) is 5.91 Å². The number of rotatable bonds is 3. The van der Waals surface area contributed by atoms with Gasteiger partial charge in [0.1, 0.15) is 5.58 Å². The van der Waals surface area contributed by atoms with Gasteiger partial charge >= 0.3 is 0 Å². The highest BCUT2D eigenvalue weighted by molar-refractivity contribution is 7.98. The molecule has 0 radical (unpaired) electrons. The molecule has 0 saturated heterocycles. The maximum absolute atomic E-state index is 12.3. The molecule has 3 aromatic rings. The molecular formula is C17H12ClNO3S. The van der Waals surface area contributed by atoms with Crippen molar-refractivity contribution >= 4 is 45.9 Å². The van der Waals surface area contributed by atoms with Crippen molar-refractivity contribution in [3.63, 3.8) is 0 Å². The van der Waals surface area contributed by atoms with E-state index in [0.717, 1.165) is 4.90 Å². The van der Waals surface area contributed by atoms with E-state index in [2.05, 4.69) is 5.32 Å². The van der Waals surface area contributed by atoms with Crippen molar-refractivity contribution in [3.8, 4) is 0 Å². The van der Waals surface area contributed by atoms with Crippen LogP contribution in [0.4, 0.5) is 5.69 Å². The summed E-state index contributed by atoms with van der Waals surface area (Å²) in [4.78, 5) is 25.4. The molecule has 0 fully saturated rings. The van der Waals surface area contributed by atoms with Crippen LogP contribution in [0.5, 0.6) is 0 Å². The third-order valence-corrected chi connectivity index (χ3v) is 4.20. The molecule has 0 unspecified atom stereocenters. The first-order valence-electron chi connectivity index (χ1n) is 6.75. The van der Waals surface area contributed by atoms with Gasteiger partial charge < -0.3 is 9.73 Å². The Bertz CT molecular complexity index is 952. The van der Waals surface area contributed by atoms with Gasteiger partial charge in [0, 0.05) is 21.7 Å². The number of carbonyl (C=O) groups is 1. The topological polar surface area (TPSA) is 59.3 Å². The Balaban J connectivity index is 1.94. The van der Waals surface area contributed by atoms with Gasteiger partial charge in [-0.1, -0.05) is 17.7 Å². The van der Waals surface area contributed by atoms with Crippen molar-refractivity contribution in [1.82, 2.24) is 0 Å². The van der Waals surface area contributed by atoms with E-state index in [4.69, 9.17) is 16.0 Å². The van der Waals surface area contributed by atoms with Crippen molar-refractivity contribution in [2.45, 2.75) is 4.90 Å². The van der Waals surface area contributed by atoms with Gasteiger partial charge in [-0.3, -0.25) is 9.59 Å². The number of hydrogen-bond donors (Lipinski definition) is 1. The zero-order valence-corrected chi connectivity index (χ0v) is 13.7. The second-order valence-electron chi connectivity index (χ2n) is 4.80. The van der Waals surface area contributed by atoms with Crippen molar-refractivity contribution in [3.05, 3.63) is 69.5 Å². The van der Waals surface area contributed by atoms with Crippen molar-refractivity contribution in [1.29, 1.82) is 0 Å². The average Bonchev–Trinajstić information content (AvgIpc) is 2.55. The minimum Gasteiger partial charge on any atom is -0.451 e. The zero-order valence-electron chi connectivity index (χ0n) is 12.1. The molecule has 0 aliphatic carbocycles. The van der Waals surface area contributed by atoms with Gasteiger partial charge in [0.15, 0.2) is 11.2 Å². The van der Waals surface area contributed by atoms with Crippen LogP contribution in [0.3, 0.4) is 0 Å². The van der Waals surface area contributed by atoms with E-state index in [1.807, 2.05) is 24.5 Å². The molecule has 6 heteroatoms. The number of halogens is 1. The molecule has 1 heterocycles. The van der Waals surface area contributed by atoms with E-state index < -0.39 is 5.91 Å². The summed E-state index contributed by atoms with van der Waals surface area (Å²) in [6.07, 6.45) is 1.95. The maximum atomic E-state index is 12.3. The molecule has 1 N–H and O–H groups in total. The first-order valence-corrected chi connectivity index (χ1v) is 8.36. The first kappa shape index (κ1) is 15.6. The predicted molar refractivity (Wildman–Crippen MR) is 93.7 cm³/mol. The van der Waals surface area contributed by atoms with Crippen molar-refractivity contribution < 1.29 is 9.21 Å². The highest BCUT2D eigenvalue weighted by Gasteiger charge is 2.13. The molecular weight excluding hydrogens is 334 g/mol. The van der Waals surface area contributed by atoms with E-state index in [-0.39, 0.29) is 11.2 Å². The third-order valence-electron chi connectivity index (χ3n) is 3.24. The molecule has 0 saturated carbocycles.